The van der Waals surface area contributed by atoms with Crippen LogP contribution in [0.2, 0.25) is 0 Å². The summed E-state index contributed by atoms with van der Waals surface area (Å²) < 4.78 is 17.5. The van der Waals surface area contributed by atoms with E-state index in [1.165, 1.54) is 6.07 Å². The highest BCUT2D eigenvalue weighted by atomic mass is 16.6. The van der Waals surface area contributed by atoms with Gasteiger partial charge in [-0.15, -0.1) is 0 Å². The number of nitro benzene ring substituents is 1. The van der Waals surface area contributed by atoms with Crippen molar-refractivity contribution in [3.05, 3.63) is 50.8 Å². The van der Waals surface area contributed by atoms with Crippen LogP contribution >= 0.6 is 0 Å². The summed E-state index contributed by atoms with van der Waals surface area (Å²) in [5.41, 5.74) is 1.32. The van der Waals surface area contributed by atoms with Gasteiger partial charge in [-0.25, -0.2) is 4.79 Å². The van der Waals surface area contributed by atoms with Crippen molar-refractivity contribution in [2.24, 2.45) is 7.05 Å². The molecule has 1 aromatic carbocycles. The molecule has 142 valence electrons. The number of nitrogens with zero attached hydrogens (tertiary/aromatic N) is 2. The second kappa shape index (κ2) is 7.10. The van der Waals surface area contributed by atoms with Gasteiger partial charge in [0.1, 0.15) is 18.8 Å². The zero-order chi connectivity index (χ0) is 19.7. The molecule has 0 fully saturated rings. The first-order valence-corrected chi connectivity index (χ1v) is 8.21. The van der Waals surface area contributed by atoms with Crippen molar-refractivity contribution in [3.8, 4) is 11.5 Å². The zero-order valence-electron chi connectivity index (χ0n) is 15.1. The lowest BCUT2D eigenvalue weighted by atomic mass is 10.1. The number of Topliss-reactive ketones (excluding diaryl/α,β-unsaturated/α-hetero) is 1. The van der Waals surface area contributed by atoms with Gasteiger partial charge in [0.05, 0.1) is 11.0 Å². The molecule has 0 radical (unpaired) electrons. The molecule has 0 unspecified atom stereocenters. The summed E-state index contributed by atoms with van der Waals surface area (Å²) in [6, 6.07) is 4.03. The minimum Gasteiger partial charge on any atom is -0.486 e. The van der Waals surface area contributed by atoms with Crippen molar-refractivity contribution in [2.45, 2.75) is 13.8 Å². The summed E-state index contributed by atoms with van der Waals surface area (Å²) in [6.45, 7) is 3.65. The number of aromatic nitrogens is 1. The standard InChI is InChI=1S/C18H18N2O7/c1-10-6-12(11(2)19(10)3)15(21)9-27-18(22)13-7-16-17(26-5-4-25-16)8-14(13)20(23)24/h6-8H,4-5,9H2,1-3H3. The molecule has 2 aromatic rings. The summed E-state index contributed by atoms with van der Waals surface area (Å²) in [5.74, 6) is -0.947. The van der Waals surface area contributed by atoms with E-state index in [0.717, 1.165) is 17.5 Å². The molecule has 9 nitrogen and oxygen atoms in total. The van der Waals surface area contributed by atoms with Crippen molar-refractivity contribution in [3.63, 3.8) is 0 Å². The number of hydrogen-bond donors (Lipinski definition) is 0. The van der Waals surface area contributed by atoms with Crippen molar-refractivity contribution < 1.29 is 28.7 Å². The van der Waals surface area contributed by atoms with Crippen LogP contribution in [0.25, 0.3) is 0 Å². The highest BCUT2D eigenvalue weighted by Crippen LogP contribution is 2.36. The van der Waals surface area contributed by atoms with E-state index in [4.69, 9.17) is 14.2 Å². The zero-order valence-corrected chi connectivity index (χ0v) is 15.1. The third-order valence-corrected chi connectivity index (χ3v) is 4.49. The van der Waals surface area contributed by atoms with E-state index >= 15 is 0 Å². The molecule has 0 N–H and O–H groups in total. The number of carbonyl (C=O) groups excluding carboxylic acids is 2. The van der Waals surface area contributed by atoms with Crippen molar-refractivity contribution in [1.82, 2.24) is 4.57 Å². The molecule has 1 aliphatic rings. The number of aryl methyl sites for hydroxylation is 1. The Bertz CT molecular complexity index is 946. The van der Waals surface area contributed by atoms with Gasteiger partial charge in [-0.1, -0.05) is 0 Å². The average molecular weight is 374 g/mol. The van der Waals surface area contributed by atoms with E-state index in [9.17, 15) is 19.7 Å². The Balaban J connectivity index is 1.80. The van der Waals surface area contributed by atoms with Gasteiger partial charge < -0.3 is 18.8 Å². The topological polar surface area (TPSA) is 110 Å². The van der Waals surface area contributed by atoms with Crippen molar-refractivity contribution in [1.29, 1.82) is 0 Å². The van der Waals surface area contributed by atoms with Gasteiger partial charge in [0.25, 0.3) is 5.69 Å². The lowest BCUT2D eigenvalue weighted by molar-refractivity contribution is -0.385. The Morgan fingerprint density at radius 3 is 2.33 bits per heavy atom. The highest BCUT2D eigenvalue weighted by Gasteiger charge is 2.28. The molecule has 27 heavy (non-hydrogen) atoms. The Hall–Kier alpha value is -3.36. The van der Waals surface area contributed by atoms with E-state index in [1.807, 2.05) is 18.5 Å². The molecule has 1 aliphatic heterocycles. The van der Waals surface area contributed by atoms with Crippen LogP contribution in [0.5, 0.6) is 11.5 Å². The van der Waals surface area contributed by atoms with E-state index in [2.05, 4.69) is 0 Å². The summed E-state index contributed by atoms with van der Waals surface area (Å²) in [4.78, 5) is 35.3. The minimum atomic E-state index is -0.975. The van der Waals surface area contributed by atoms with Crippen LogP contribution in [0.1, 0.15) is 32.1 Å². The maximum absolute atomic E-state index is 12.4. The van der Waals surface area contributed by atoms with Gasteiger partial charge in [-0.05, 0) is 19.9 Å². The Morgan fingerprint density at radius 1 is 1.15 bits per heavy atom. The second-order valence-corrected chi connectivity index (χ2v) is 6.11. The molecule has 0 aliphatic carbocycles. The van der Waals surface area contributed by atoms with Crippen molar-refractivity contribution in [2.75, 3.05) is 19.8 Å². The van der Waals surface area contributed by atoms with Crippen LogP contribution in [0.4, 0.5) is 5.69 Å². The SMILES string of the molecule is Cc1cc(C(=O)COC(=O)c2cc3c(cc2[N+](=O)[O-])OCCO3)c(C)n1C. The van der Waals surface area contributed by atoms with Gasteiger partial charge in [0.2, 0.25) is 5.78 Å². The second-order valence-electron chi connectivity index (χ2n) is 6.11. The van der Waals surface area contributed by atoms with Crippen LogP contribution in [-0.2, 0) is 11.8 Å². The van der Waals surface area contributed by atoms with Gasteiger partial charge in [-0.2, -0.15) is 0 Å². The molecule has 0 saturated carbocycles. The minimum absolute atomic E-state index is 0.191. The summed E-state index contributed by atoms with van der Waals surface area (Å²) >= 11 is 0. The largest absolute Gasteiger partial charge is 0.486 e. The molecule has 0 amide bonds. The lowest BCUT2D eigenvalue weighted by Crippen LogP contribution is -2.18. The number of rotatable bonds is 5. The predicted molar refractivity (Wildman–Crippen MR) is 93.6 cm³/mol. The fourth-order valence-corrected chi connectivity index (χ4v) is 2.82. The smallest absolute Gasteiger partial charge is 0.345 e. The number of fused-ring (bicyclic) bond motifs is 1. The van der Waals surface area contributed by atoms with Crippen LogP contribution in [0.3, 0.4) is 0 Å². The molecule has 0 bridgehead atoms. The summed E-state index contributed by atoms with van der Waals surface area (Å²) in [7, 11) is 1.83. The lowest BCUT2D eigenvalue weighted by Gasteiger charge is -2.18. The molecule has 0 spiro atoms. The third kappa shape index (κ3) is 3.48. The van der Waals surface area contributed by atoms with Gasteiger partial charge in [0.15, 0.2) is 18.1 Å². The van der Waals surface area contributed by atoms with E-state index < -0.39 is 23.2 Å². The summed E-state index contributed by atoms with van der Waals surface area (Å²) in [6.07, 6.45) is 0. The first-order valence-electron chi connectivity index (χ1n) is 8.21. The summed E-state index contributed by atoms with van der Waals surface area (Å²) in [5, 5.41) is 11.3. The fourth-order valence-electron chi connectivity index (χ4n) is 2.82. The average Bonchev–Trinajstić information content (AvgIpc) is 2.92. The number of nitro groups is 1. The van der Waals surface area contributed by atoms with Crippen LogP contribution in [0.15, 0.2) is 18.2 Å². The molecule has 1 aromatic heterocycles. The number of esters is 1. The number of ketones is 1. The number of carbonyl (C=O) groups is 2. The molecule has 3 rings (SSSR count). The van der Waals surface area contributed by atoms with E-state index in [0.29, 0.717) is 5.56 Å². The van der Waals surface area contributed by atoms with Gasteiger partial charge >= 0.3 is 5.97 Å². The molecular weight excluding hydrogens is 356 g/mol. The highest BCUT2D eigenvalue weighted by molar-refractivity contribution is 6.01. The molecule has 0 saturated heterocycles. The van der Waals surface area contributed by atoms with E-state index in [1.54, 1.807) is 13.0 Å². The first kappa shape index (κ1) is 18.4. The predicted octanol–water partition coefficient (Wildman–Crippen LogP) is 2.36. The van der Waals surface area contributed by atoms with Crippen molar-refractivity contribution >= 4 is 17.4 Å². The maximum Gasteiger partial charge on any atom is 0.345 e. The van der Waals surface area contributed by atoms with Gasteiger partial charge in [-0.3, -0.25) is 14.9 Å². The Morgan fingerprint density at radius 2 is 1.78 bits per heavy atom. The molecule has 2 heterocycles. The molecule has 9 heteroatoms. The number of ether oxygens (including phenoxy) is 3. The quantitative estimate of drug-likeness (QED) is 0.342. The maximum atomic E-state index is 12.4. The van der Waals surface area contributed by atoms with Crippen LogP contribution in [-0.4, -0.2) is 41.1 Å². The Kier molecular flexibility index (Phi) is 4.85. The number of benzene rings is 1. The fraction of sp³-hybridized carbons (Fsp3) is 0.333. The third-order valence-electron chi connectivity index (χ3n) is 4.49. The Labute approximate surface area is 154 Å². The van der Waals surface area contributed by atoms with Gasteiger partial charge in [0, 0.05) is 30.1 Å². The first-order chi connectivity index (χ1) is 12.8. The van der Waals surface area contributed by atoms with Crippen LogP contribution < -0.4 is 9.47 Å². The monoisotopic (exact) mass is 374 g/mol. The number of hydrogen-bond acceptors (Lipinski definition) is 7. The van der Waals surface area contributed by atoms with Crippen LogP contribution in [0, 0.1) is 24.0 Å². The molecular formula is C18H18N2O7. The normalized spacial score (nSPS) is 12.6. The van der Waals surface area contributed by atoms with E-state index in [-0.39, 0.29) is 36.1 Å². The molecule has 0 atom stereocenters.